The number of aryl methyl sites for hydroxylation is 1. The van der Waals surface area contributed by atoms with Crippen LogP contribution in [0.25, 0.3) is 10.7 Å². The molecule has 2 aromatic heterocycles. The number of rotatable bonds is 3. The van der Waals surface area contributed by atoms with Crippen molar-refractivity contribution < 1.29 is 4.74 Å². The molecule has 0 spiro atoms. The van der Waals surface area contributed by atoms with Gasteiger partial charge < -0.3 is 10.5 Å². The van der Waals surface area contributed by atoms with Gasteiger partial charge in [0, 0.05) is 4.88 Å². The Morgan fingerprint density at radius 3 is 2.59 bits per heavy atom. The zero-order valence-corrected chi connectivity index (χ0v) is 10.8. The number of thiophene rings is 1. The lowest BCUT2D eigenvalue weighted by Gasteiger charge is -2.08. The summed E-state index contributed by atoms with van der Waals surface area (Å²) >= 11 is 1.61. The molecular formula is C11H14N4OS. The van der Waals surface area contributed by atoms with Crippen molar-refractivity contribution in [1.29, 1.82) is 0 Å². The fourth-order valence-electron chi connectivity index (χ4n) is 1.30. The molecule has 6 heteroatoms. The zero-order valence-electron chi connectivity index (χ0n) is 9.97. The van der Waals surface area contributed by atoms with Crippen LogP contribution >= 0.6 is 11.3 Å². The van der Waals surface area contributed by atoms with Crippen LogP contribution in [0.5, 0.6) is 6.01 Å². The third-order valence-corrected chi connectivity index (χ3v) is 2.93. The number of nitrogens with two attached hydrogens (primary N) is 1. The van der Waals surface area contributed by atoms with Gasteiger partial charge in [-0.3, -0.25) is 0 Å². The fourth-order valence-corrected chi connectivity index (χ4v) is 2.10. The predicted octanol–water partition coefficient (Wildman–Crippen LogP) is 2.28. The molecule has 90 valence electrons. The van der Waals surface area contributed by atoms with Crippen molar-refractivity contribution in [2.75, 3.05) is 5.73 Å². The number of hydrogen-bond donors (Lipinski definition) is 1. The SMILES string of the molecule is Cc1ccc(-c2nc(N)nc(OC(C)C)n2)s1. The lowest BCUT2D eigenvalue weighted by atomic mass is 10.4. The maximum absolute atomic E-state index is 5.64. The van der Waals surface area contributed by atoms with Gasteiger partial charge in [0.2, 0.25) is 5.95 Å². The number of nitrogens with zero attached hydrogens (tertiary/aromatic N) is 3. The van der Waals surface area contributed by atoms with Crippen LogP contribution in [-0.4, -0.2) is 21.1 Å². The quantitative estimate of drug-likeness (QED) is 0.904. The van der Waals surface area contributed by atoms with Crippen LogP contribution in [0.2, 0.25) is 0 Å². The van der Waals surface area contributed by atoms with Crippen molar-refractivity contribution in [3.63, 3.8) is 0 Å². The van der Waals surface area contributed by atoms with E-state index in [1.165, 1.54) is 4.88 Å². The normalized spacial score (nSPS) is 10.8. The van der Waals surface area contributed by atoms with E-state index in [0.717, 1.165) is 4.88 Å². The maximum Gasteiger partial charge on any atom is 0.322 e. The molecule has 0 radical (unpaired) electrons. The minimum atomic E-state index is 0.00900. The first-order valence-electron chi connectivity index (χ1n) is 5.29. The van der Waals surface area contributed by atoms with E-state index in [1.54, 1.807) is 11.3 Å². The summed E-state index contributed by atoms with van der Waals surface area (Å²) < 4.78 is 5.43. The highest BCUT2D eigenvalue weighted by atomic mass is 32.1. The number of anilines is 1. The highest BCUT2D eigenvalue weighted by molar-refractivity contribution is 7.15. The van der Waals surface area contributed by atoms with Crippen molar-refractivity contribution >= 4 is 17.3 Å². The molecular weight excluding hydrogens is 236 g/mol. The van der Waals surface area contributed by atoms with E-state index in [0.29, 0.717) is 5.82 Å². The van der Waals surface area contributed by atoms with Crippen molar-refractivity contribution in [2.45, 2.75) is 26.9 Å². The van der Waals surface area contributed by atoms with Gasteiger partial charge >= 0.3 is 6.01 Å². The molecule has 0 saturated heterocycles. The lowest BCUT2D eigenvalue weighted by Crippen LogP contribution is -2.10. The summed E-state index contributed by atoms with van der Waals surface area (Å²) in [5, 5.41) is 0. The fraction of sp³-hybridized carbons (Fsp3) is 0.364. The maximum atomic E-state index is 5.64. The van der Waals surface area contributed by atoms with Gasteiger partial charge in [-0.25, -0.2) is 0 Å². The van der Waals surface area contributed by atoms with E-state index >= 15 is 0 Å². The van der Waals surface area contributed by atoms with E-state index < -0.39 is 0 Å². The van der Waals surface area contributed by atoms with Crippen LogP contribution < -0.4 is 10.5 Å². The van der Waals surface area contributed by atoms with Crippen molar-refractivity contribution in [3.05, 3.63) is 17.0 Å². The van der Waals surface area contributed by atoms with Crippen molar-refractivity contribution in [2.24, 2.45) is 0 Å². The summed E-state index contributed by atoms with van der Waals surface area (Å²) in [4.78, 5) is 14.5. The Bertz CT molecular complexity index is 524. The molecule has 2 rings (SSSR count). The first-order valence-corrected chi connectivity index (χ1v) is 6.11. The molecule has 0 aliphatic rings. The highest BCUT2D eigenvalue weighted by Crippen LogP contribution is 2.26. The Balaban J connectivity index is 2.37. The van der Waals surface area contributed by atoms with E-state index in [1.807, 2.05) is 32.9 Å². The molecule has 0 aliphatic heterocycles. The minimum Gasteiger partial charge on any atom is -0.461 e. The van der Waals surface area contributed by atoms with E-state index in [9.17, 15) is 0 Å². The third kappa shape index (κ3) is 2.91. The molecule has 17 heavy (non-hydrogen) atoms. The Labute approximate surface area is 104 Å². The van der Waals surface area contributed by atoms with E-state index in [2.05, 4.69) is 15.0 Å². The van der Waals surface area contributed by atoms with Crippen LogP contribution in [0.4, 0.5) is 5.95 Å². The van der Waals surface area contributed by atoms with Gasteiger partial charge in [-0.15, -0.1) is 11.3 Å². The summed E-state index contributed by atoms with van der Waals surface area (Å²) in [7, 11) is 0. The highest BCUT2D eigenvalue weighted by Gasteiger charge is 2.10. The number of ether oxygens (including phenoxy) is 1. The topological polar surface area (TPSA) is 73.9 Å². The van der Waals surface area contributed by atoms with Crippen LogP contribution in [-0.2, 0) is 0 Å². The monoisotopic (exact) mass is 250 g/mol. The van der Waals surface area contributed by atoms with Crippen LogP contribution in [0.15, 0.2) is 12.1 Å². The summed E-state index contributed by atoms with van der Waals surface area (Å²) in [6, 6.07) is 4.25. The standard InChI is InChI=1S/C11H14N4OS/c1-6(2)16-11-14-9(13-10(12)15-11)8-5-4-7(3)17-8/h4-6H,1-3H3,(H2,12,13,14,15). The molecule has 0 bridgehead atoms. The van der Waals surface area contributed by atoms with Gasteiger partial charge in [0.15, 0.2) is 5.82 Å². The Kier molecular flexibility index (Phi) is 3.23. The Morgan fingerprint density at radius 2 is 2.00 bits per heavy atom. The van der Waals surface area contributed by atoms with Gasteiger partial charge in [0.05, 0.1) is 11.0 Å². The predicted molar refractivity (Wildman–Crippen MR) is 68.1 cm³/mol. The lowest BCUT2D eigenvalue weighted by molar-refractivity contribution is 0.222. The third-order valence-electron chi connectivity index (χ3n) is 1.93. The average molecular weight is 250 g/mol. The van der Waals surface area contributed by atoms with E-state index in [-0.39, 0.29) is 18.1 Å². The Morgan fingerprint density at radius 1 is 1.24 bits per heavy atom. The molecule has 5 nitrogen and oxygen atoms in total. The number of hydrogen-bond acceptors (Lipinski definition) is 6. The summed E-state index contributed by atoms with van der Waals surface area (Å²) in [5.74, 6) is 0.739. The molecule has 0 aliphatic carbocycles. The first kappa shape index (κ1) is 11.8. The number of aromatic nitrogens is 3. The molecule has 0 unspecified atom stereocenters. The van der Waals surface area contributed by atoms with Gasteiger partial charge in [0.1, 0.15) is 0 Å². The van der Waals surface area contributed by atoms with Gasteiger partial charge in [-0.1, -0.05) is 0 Å². The molecule has 2 N–H and O–H groups in total. The second kappa shape index (κ2) is 4.67. The molecule has 0 aromatic carbocycles. The smallest absolute Gasteiger partial charge is 0.322 e. The summed E-state index contributed by atoms with van der Waals surface area (Å²) in [5.41, 5.74) is 5.64. The van der Waals surface area contributed by atoms with Crippen molar-refractivity contribution in [3.8, 4) is 16.7 Å². The second-order valence-corrected chi connectivity index (χ2v) is 5.16. The second-order valence-electron chi connectivity index (χ2n) is 3.88. The zero-order chi connectivity index (χ0) is 12.4. The summed E-state index contributed by atoms with van der Waals surface area (Å²) in [6.07, 6.45) is 0.00900. The van der Waals surface area contributed by atoms with Crippen LogP contribution in [0, 0.1) is 6.92 Å². The first-order chi connectivity index (χ1) is 8.04. The van der Waals surface area contributed by atoms with Gasteiger partial charge in [-0.2, -0.15) is 15.0 Å². The molecule has 0 fully saturated rings. The molecule has 0 amide bonds. The molecule has 2 aromatic rings. The van der Waals surface area contributed by atoms with Crippen LogP contribution in [0.3, 0.4) is 0 Å². The van der Waals surface area contributed by atoms with E-state index in [4.69, 9.17) is 10.5 Å². The average Bonchev–Trinajstić information content (AvgIpc) is 2.62. The number of nitrogen functional groups attached to an aromatic ring is 1. The van der Waals surface area contributed by atoms with Gasteiger partial charge in [-0.05, 0) is 32.9 Å². The van der Waals surface area contributed by atoms with Gasteiger partial charge in [0.25, 0.3) is 0 Å². The molecule has 0 saturated carbocycles. The van der Waals surface area contributed by atoms with Crippen LogP contribution in [0.1, 0.15) is 18.7 Å². The molecule has 0 atom stereocenters. The Hall–Kier alpha value is -1.69. The summed E-state index contributed by atoms with van der Waals surface area (Å²) in [6.45, 7) is 5.86. The minimum absolute atomic E-state index is 0.00900. The largest absolute Gasteiger partial charge is 0.461 e. The molecule has 2 heterocycles. The van der Waals surface area contributed by atoms with Crippen molar-refractivity contribution in [1.82, 2.24) is 15.0 Å².